The Labute approximate surface area is 136 Å². The first-order valence-corrected chi connectivity index (χ1v) is 8.21. The lowest BCUT2D eigenvalue weighted by molar-refractivity contribution is -0.139. The van der Waals surface area contributed by atoms with Gasteiger partial charge in [0.05, 0.1) is 0 Å². The third-order valence-electron chi connectivity index (χ3n) is 4.85. The molecule has 2 N–H and O–H groups in total. The SMILES string of the molecule is CCCn1c(C)c(C(NC)C(=O)O)c2cc3c(cc21)CN(C)C3. The Morgan fingerprint density at radius 3 is 2.57 bits per heavy atom. The van der Waals surface area contributed by atoms with Crippen molar-refractivity contribution < 1.29 is 9.90 Å². The van der Waals surface area contributed by atoms with Crippen LogP contribution in [0.3, 0.4) is 0 Å². The van der Waals surface area contributed by atoms with E-state index < -0.39 is 12.0 Å². The molecule has 1 atom stereocenters. The van der Waals surface area contributed by atoms with E-state index in [9.17, 15) is 9.90 Å². The molecule has 1 aliphatic heterocycles. The fourth-order valence-electron chi connectivity index (χ4n) is 3.84. The summed E-state index contributed by atoms with van der Waals surface area (Å²) < 4.78 is 2.27. The van der Waals surface area contributed by atoms with Crippen molar-refractivity contribution in [1.29, 1.82) is 0 Å². The van der Waals surface area contributed by atoms with Crippen molar-refractivity contribution in [2.75, 3.05) is 14.1 Å². The highest BCUT2D eigenvalue weighted by Gasteiger charge is 2.27. The van der Waals surface area contributed by atoms with E-state index in [4.69, 9.17) is 0 Å². The summed E-state index contributed by atoms with van der Waals surface area (Å²) in [6, 6.07) is 3.79. The summed E-state index contributed by atoms with van der Waals surface area (Å²) >= 11 is 0. The van der Waals surface area contributed by atoms with E-state index >= 15 is 0 Å². The van der Waals surface area contributed by atoms with Gasteiger partial charge in [0, 0.05) is 41.8 Å². The number of hydrogen-bond acceptors (Lipinski definition) is 3. The van der Waals surface area contributed by atoms with Gasteiger partial charge in [-0.1, -0.05) is 6.92 Å². The highest BCUT2D eigenvalue weighted by Crippen LogP contribution is 2.35. The Hall–Kier alpha value is -1.85. The maximum absolute atomic E-state index is 11.7. The van der Waals surface area contributed by atoms with Crippen molar-refractivity contribution in [1.82, 2.24) is 14.8 Å². The summed E-state index contributed by atoms with van der Waals surface area (Å²) in [4.78, 5) is 14.0. The van der Waals surface area contributed by atoms with Gasteiger partial charge in [0.15, 0.2) is 0 Å². The molecule has 0 saturated heterocycles. The number of carbonyl (C=O) groups is 1. The third-order valence-corrected chi connectivity index (χ3v) is 4.85. The highest BCUT2D eigenvalue weighted by molar-refractivity contribution is 5.92. The zero-order chi connectivity index (χ0) is 16.7. The molecule has 0 fully saturated rings. The number of fused-ring (bicyclic) bond motifs is 2. The molecule has 0 bridgehead atoms. The highest BCUT2D eigenvalue weighted by atomic mass is 16.4. The Morgan fingerprint density at radius 2 is 2.00 bits per heavy atom. The van der Waals surface area contributed by atoms with E-state index in [0.29, 0.717) is 0 Å². The lowest BCUT2D eigenvalue weighted by Crippen LogP contribution is -2.25. The average Bonchev–Trinajstić information content (AvgIpc) is 2.97. The van der Waals surface area contributed by atoms with Crippen molar-refractivity contribution in [3.05, 3.63) is 34.5 Å². The van der Waals surface area contributed by atoms with Crippen LogP contribution in [0.1, 0.15) is 41.8 Å². The maximum atomic E-state index is 11.7. The van der Waals surface area contributed by atoms with E-state index in [1.165, 1.54) is 11.1 Å². The topological polar surface area (TPSA) is 57.5 Å². The minimum Gasteiger partial charge on any atom is -0.480 e. The molecule has 23 heavy (non-hydrogen) atoms. The quantitative estimate of drug-likeness (QED) is 0.890. The smallest absolute Gasteiger partial charge is 0.325 e. The molecule has 0 aliphatic carbocycles. The fourth-order valence-corrected chi connectivity index (χ4v) is 3.84. The number of aliphatic carboxylic acids is 1. The molecule has 5 heteroatoms. The second-order valence-corrected chi connectivity index (χ2v) is 6.52. The standard InChI is InChI=1S/C18H25N3O2/c1-5-6-21-11(2)16(17(19-3)18(22)23)14-7-12-9-20(4)10-13(12)8-15(14)21/h7-8,17,19H,5-6,9-10H2,1-4H3,(H,22,23). The first kappa shape index (κ1) is 16.0. The number of nitrogens with zero attached hydrogens (tertiary/aromatic N) is 2. The first-order chi connectivity index (χ1) is 11.0. The average molecular weight is 315 g/mol. The molecular formula is C18H25N3O2. The van der Waals surface area contributed by atoms with Crippen LogP contribution in [0.5, 0.6) is 0 Å². The molecule has 2 heterocycles. The number of rotatable bonds is 5. The predicted octanol–water partition coefficient (Wildman–Crippen LogP) is 2.65. The van der Waals surface area contributed by atoms with Crippen LogP contribution in [0.4, 0.5) is 0 Å². The number of aryl methyl sites for hydroxylation is 1. The molecule has 0 radical (unpaired) electrons. The largest absolute Gasteiger partial charge is 0.480 e. The third kappa shape index (κ3) is 2.54. The number of hydrogen-bond donors (Lipinski definition) is 2. The first-order valence-electron chi connectivity index (χ1n) is 8.21. The Kier molecular flexibility index (Phi) is 4.17. The van der Waals surface area contributed by atoms with Crippen LogP contribution in [0.25, 0.3) is 10.9 Å². The van der Waals surface area contributed by atoms with E-state index in [1.54, 1.807) is 7.05 Å². The Bertz CT molecular complexity index is 763. The molecular weight excluding hydrogens is 290 g/mol. The summed E-state index contributed by atoms with van der Waals surface area (Å²) in [6.07, 6.45) is 1.03. The van der Waals surface area contributed by atoms with E-state index in [1.807, 2.05) is 6.92 Å². The molecule has 5 nitrogen and oxygen atoms in total. The molecule has 124 valence electrons. The monoisotopic (exact) mass is 315 g/mol. The molecule has 0 saturated carbocycles. The van der Waals surface area contributed by atoms with Crippen LogP contribution in [0.15, 0.2) is 12.1 Å². The van der Waals surface area contributed by atoms with Crippen molar-refractivity contribution in [3.8, 4) is 0 Å². The summed E-state index contributed by atoms with van der Waals surface area (Å²) in [5.74, 6) is -0.830. The van der Waals surface area contributed by atoms with Crippen molar-refractivity contribution in [2.45, 2.75) is 45.9 Å². The number of carboxylic acids is 1. The number of aromatic nitrogens is 1. The van der Waals surface area contributed by atoms with Gasteiger partial charge in [-0.3, -0.25) is 9.69 Å². The van der Waals surface area contributed by atoms with Gasteiger partial charge >= 0.3 is 5.97 Å². The van der Waals surface area contributed by atoms with Crippen LogP contribution in [0, 0.1) is 6.92 Å². The van der Waals surface area contributed by atoms with Crippen molar-refractivity contribution in [2.24, 2.45) is 0 Å². The van der Waals surface area contributed by atoms with Gasteiger partial charge in [-0.05, 0) is 50.7 Å². The van der Waals surface area contributed by atoms with Crippen molar-refractivity contribution in [3.63, 3.8) is 0 Å². The number of nitrogens with one attached hydrogen (secondary N) is 1. The van der Waals surface area contributed by atoms with Gasteiger partial charge in [0.2, 0.25) is 0 Å². The Morgan fingerprint density at radius 1 is 1.35 bits per heavy atom. The molecule has 0 amide bonds. The predicted molar refractivity (Wildman–Crippen MR) is 91.6 cm³/mol. The molecule has 3 rings (SSSR count). The van der Waals surface area contributed by atoms with E-state index in [-0.39, 0.29) is 0 Å². The van der Waals surface area contributed by atoms with Crippen LogP contribution in [0.2, 0.25) is 0 Å². The maximum Gasteiger partial charge on any atom is 0.325 e. The lowest BCUT2D eigenvalue weighted by atomic mass is 10.00. The van der Waals surface area contributed by atoms with E-state index in [0.717, 1.165) is 48.2 Å². The van der Waals surface area contributed by atoms with Gasteiger partial charge < -0.3 is 15.0 Å². The zero-order valence-corrected chi connectivity index (χ0v) is 14.3. The summed E-state index contributed by atoms with van der Waals surface area (Å²) in [5.41, 5.74) is 5.80. The fraction of sp³-hybridized carbons (Fsp3) is 0.500. The van der Waals surface area contributed by atoms with Crippen LogP contribution in [-0.2, 0) is 24.4 Å². The number of carboxylic acid groups (broad SMARTS) is 1. The molecule has 2 aromatic rings. The number of benzene rings is 1. The van der Waals surface area contributed by atoms with Gasteiger partial charge in [-0.25, -0.2) is 0 Å². The van der Waals surface area contributed by atoms with Crippen LogP contribution in [-0.4, -0.2) is 34.6 Å². The zero-order valence-electron chi connectivity index (χ0n) is 14.3. The Balaban J connectivity index is 2.28. The minimum absolute atomic E-state index is 0.673. The van der Waals surface area contributed by atoms with Crippen molar-refractivity contribution >= 4 is 16.9 Å². The molecule has 1 unspecified atom stereocenters. The van der Waals surface area contributed by atoms with E-state index in [2.05, 4.69) is 40.9 Å². The summed E-state index contributed by atoms with van der Waals surface area (Å²) in [6.45, 7) is 6.99. The van der Waals surface area contributed by atoms with Gasteiger partial charge in [-0.15, -0.1) is 0 Å². The summed E-state index contributed by atoms with van der Waals surface area (Å²) in [7, 11) is 3.83. The minimum atomic E-state index is -0.830. The second-order valence-electron chi connectivity index (χ2n) is 6.52. The molecule has 1 aliphatic rings. The lowest BCUT2D eigenvalue weighted by Gasteiger charge is -2.13. The summed E-state index contributed by atoms with van der Waals surface area (Å²) in [5, 5.41) is 13.6. The molecule has 1 aromatic carbocycles. The second kappa shape index (κ2) is 5.98. The molecule has 0 spiro atoms. The van der Waals surface area contributed by atoms with Gasteiger partial charge in [0.25, 0.3) is 0 Å². The van der Waals surface area contributed by atoms with Crippen LogP contribution >= 0.6 is 0 Å². The van der Waals surface area contributed by atoms with Crippen LogP contribution < -0.4 is 5.32 Å². The van der Waals surface area contributed by atoms with Gasteiger partial charge in [0.1, 0.15) is 6.04 Å². The number of likely N-dealkylation sites (N-methyl/N-ethyl adjacent to an activating group) is 1. The normalized spacial score (nSPS) is 16.0. The van der Waals surface area contributed by atoms with Gasteiger partial charge in [-0.2, -0.15) is 0 Å². The molecule has 1 aromatic heterocycles.